The lowest BCUT2D eigenvalue weighted by Crippen LogP contribution is -2.31. The number of hydrogen-bond acceptors (Lipinski definition) is 3. The molecule has 4 nitrogen and oxygen atoms in total. The second-order valence-electron chi connectivity index (χ2n) is 5.56. The number of nitrogens with one attached hydrogen (secondary N) is 1. The Morgan fingerprint density at radius 3 is 2.48 bits per heavy atom. The van der Waals surface area contributed by atoms with Gasteiger partial charge < -0.3 is 10.1 Å². The molecule has 2 aromatic carbocycles. The molecule has 0 aliphatic heterocycles. The number of carbonyl (C=O) groups is 1. The van der Waals surface area contributed by atoms with E-state index < -0.39 is 0 Å². The van der Waals surface area contributed by atoms with Crippen LogP contribution in [0.15, 0.2) is 42.5 Å². The van der Waals surface area contributed by atoms with Crippen LogP contribution in [0, 0.1) is 25.2 Å². The summed E-state index contributed by atoms with van der Waals surface area (Å²) in [6, 6.07) is 14.9. The molecule has 0 radical (unpaired) electrons. The van der Waals surface area contributed by atoms with E-state index in [1.807, 2.05) is 51.1 Å². The smallest absolute Gasteiger partial charge is 0.258 e. The first-order chi connectivity index (χ1) is 11.0. The number of rotatable bonds is 5. The molecule has 0 spiro atoms. The van der Waals surface area contributed by atoms with Crippen molar-refractivity contribution < 1.29 is 9.53 Å². The standard InChI is InChI=1S/C19H20N2O2/c1-13-4-9-18(10-14(13)2)23-12-19(22)21-15(3)17-7-5-16(11-20)6-8-17/h4-10,15H,12H2,1-3H3,(H,21,22). The lowest BCUT2D eigenvalue weighted by Gasteiger charge is -2.15. The van der Waals surface area contributed by atoms with Crippen LogP contribution in [0.4, 0.5) is 0 Å². The van der Waals surface area contributed by atoms with Crippen LogP contribution in [0.5, 0.6) is 5.75 Å². The summed E-state index contributed by atoms with van der Waals surface area (Å²) >= 11 is 0. The van der Waals surface area contributed by atoms with Gasteiger partial charge in [0.2, 0.25) is 0 Å². The van der Waals surface area contributed by atoms with Gasteiger partial charge in [0.25, 0.3) is 5.91 Å². The van der Waals surface area contributed by atoms with Gasteiger partial charge in [0.05, 0.1) is 17.7 Å². The Morgan fingerprint density at radius 1 is 1.17 bits per heavy atom. The van der Waals surface area contributed by atoms with Crippen LogP contribution in [0.3, 0.4) is 0 Å². The quantitative estimate of drug-likeness (QED) is 0.920. The van der Waals surface area contributed by atoms with Gasteiger partial charge in [0, 0.05) is 0 Å². The zero-order chi connectivity index (χ0) is 16.8. The monoisotopic (exact) mass is 308 g/mol. The van der Waals surface area contributed by atoms with Gasteiger partial charge in [-0.1, -0.05) is 18.2 Å². The van der Waals surface area contributed by atoms with Crippen LogP contribution in [0.1, 0.15) is 35.2 Å². The van der Waals surface area contributed by atoms with Crippen LogP contribution in [-0.2, 0) is 4.79 Å². The highest BCUT2D eigenvalue weighted by Gasteiger charge is 2.10. The van der Waals surface area contributed by atoms with Crippen molar-refractivity contribution in [2.24, 2.45) is 0 Å². The number of hydrogen-bond donors (Lipinski definition) is 1. The maximum Gasteiger partial charge on any atom is 0.258 e. The number of benzene rings is 2. The summed E-state index contributed by atoms with van der Waals surface area (Å²) in [5, 5.41) is 11.7. The molecule has 118 valence electrons. The molecular weight excluding hydrogens is 288 g/mol. The predicted molar refractivity (Wildman–Crippen MR) is 89.1 cm³/mol. The minimum absolute atomic E-state index is 0.0247. The van der Waals surface area contributed by atoms with Crippen LogP contribution >= 0.6 is 0 Å². The molecule has 0 aromatic heterocycles. The number of nitriles is 1. The van der Waals surface area contributed by atoms with Crippen molar-refractivity contribution in [1.29, 1.82) is 5.26 Å². The van der Waals surface area contributed by atoms with Crippen LogP contribution < -0.4 is 10.1 Å². The summed E-state index contributed by atoms with van der Waals surface area (Å²) in [7, 11) is 0. The molecule has 2 aromatic rings. The third-order valence-corrected chi connectivity index (χ3v) is 3.77. The van der Waals surface area contributed by atoms with Gasteiger partial charge in [-0.05, 0) is 61.7 Å². The van der Waals surface area contributed by atoms with Gasteiger partial charge in [-0.15, -0.1) is 0 Å². The fourth-order valence-electron chi connectivity index (χ4n) is 2.17. The van der Waals surface area contributed by atoms with Crippen molar-refractivity contribution in [3.8, 4) is 11.8 Å². The Labute approximate surface area is 136 Å². The van der Waals surface area contributed by atoms with Crippen molar-refractivity contribution in [1.82, 2.24) is 5.32 Å². The van der Waals surface area contributed by atoms with Gasteiger partial charge in [-0.2, -0.15) is 5.26 Å². The first-order valence-electron chi connectivity index (χ1n) is 7.49. The maximum absolute atomic E-state index is 12.0. The lowest BCUT2D eigenvalue weighted by molar-refractivity contribution is -0.123. The number of amides is 1. The fraction of sp³-hybridized carbons (Fsp3) is 0.263. The van der Waals surface area contributed by atoms with Crippen LogP contribution in [-0.4, -0.2) is 12.5 Å². The van der Waals surface area contributed by atoms with E-state index in [1.165, 1.54) is 5.56 Å². The first kappa shape index (κ1) is 16.6. The Kier molecular flexibility index (Phi) is 5.37. The lowest BCUT2D eigenvalue weighted by atomic mass is 10.1. The highest BCUT2D eigenvalue weighted by molar-refractivity contribution is 5.78. The third-order valence-electron chi connectivity index (χ3n) is 3.77. The Bertz CT molecular complexity index is 730. The SMILES string of the molecule is Cc1ccc(OCC(=O)NC(C)c2ccc(C#N)cc2)cc1C. The van der Waals surface area contributed by atoms with Crippen molar-refractivity contribution in [2.45, 2.75) is 26.8 Å². The van der Waals surface area contributed by atoms with E-state index >= 15 is 0 Å². The fourth-order valence-corrected chi connectivity index (χ4v) is 2.17. The summed E-state index contributed by atoms with van der Waals surface area (Å²) < 4.78 is 5.52. The van der Waals surface area contributed by atoms with Crippen molar-refractivity contribution in [2.75, 3.05) is 6.61 Å². The van der Waals surface area contributed by atoms with E-state index in [1.54, 1.807) is 12.1 Å². The van der Waals surface area contributed by atoms with Crippen LogP contribution in [0.2, 0.25) is 0 Å². The van der Waals surface area contributed by atoms with E-state index in [0.29, 0.717) is 11.3 Å². The Hall–Kier alpha value is -2.80. The molecule has 0 aliphatic rings. The first-order valence-corrected chi connectivity index (χ1v) is 7.49. The molecular formula is C19H20N2O2. The summed E-state index contributed by atoms with van der Waals surface area (Å²) in [5.41, 5.74) is 3.87. The maximum atomic E-state index is 12.0. The van der Waals surface area contributed by atoms with E-state index in [9.17, 15) is 4.79 Å². The summed E-state index contributed by atoms with van der Waals surface area (Å²) in [6.45, 7) is 5.92. The largest absolute Gasteiger partial charge is 0.484 e. The normalized spacial score (nSPS) is 11.4. The second-order valence-corrected chi connectivity index (χ2v) is 5.56. The van der Waals surface area contributed by atoms with Crippen molar-refractivity contribution in [3.05, 3.63) is 64.7 Å². The van der Waals surface area contributed by atoms with Crippen molar-refractivity contribution >= 4 is 5.91 Å². The highest BCUT2D eigenvalue weighted by atomic mass is 16.5. The number of carbonyl (C=O) groups excluding carboxylic acids is 1. The molecule has 0 fully saturated rings. The van der Waals surface area contributed by atoms with Crippen molar-refractivity contribution in [3.63, 3.8) is 0 Å². The van der Waals surface area contributed by atoms with Gasteiger partial charge in [0.15, 0.2) is 6.61 Å². The van der Waals surface area contributed by atoms with Crippen LogP contribution in [0.25, 0.3) is 0 Å². The average Bonchev–Trinajstić information content (AvgIpc) is 2.56. The Morgan fingerprint density at radius 2 is 1.87 bits per heavy atom. The van der Waals surface area contributed by atoms with E-state index in [-0.39, 0.29) is 18.6 Å². The minimum Gasteiger partial charge on any atom is -0.484 e. The molecule has 0 saturated carbocycles. The number of nitrogens with zero attached hydrogens (tertiary/aromatic N) is 1. The topological polar surface area (TPSA) is 62.1 Å². The zero-order valence-electron chi connectivity index (χ0n) is 13.6. The van der Waals surface area contributed by atoms with Gasteiger partial charge >= 0.3 is 0 Å². The van der Waals surface area contributed by atoms with Gasteiger partial charge in [0.1, 0.15) is 5.75 Å². The molecule has 0 bridgehead atoms. The molecule has 0 aliphatic carbocycles. The molecule has 0 heterocycles. The predicted octanol–water partition coefficient (Wildman–Crippen LogP) is 3.43. The van der Waals surface area contributed by atoms with Gasteiger partial charge in [-0.3, -0.25) is 4.79 Å². The number of aryl methyl sites for hydroxylation is 2. The van der Waals surface area contributed by atoms with E-state index in [0.717, 1.165) is 11.1 Å². The number of ether oxygens (including phenoxy) is 1. The highest BCUT2D eigenvalue weighted by Crippen LogP contribution is 2.17. The Balaban J connectivity index is 1.88. The molecule has 1 unspecified atom stereocenters. The molecule has 0 saturated heterocycles. The average molecular weight is 308 g/mol. The molecule has 2 rings (SSSR count). The molecule has 1 N–H and O–H groups in total. The van der Waals surface area contributed by atoms with E-state index in [2.05, 4.69) is 11.4 Å². The molecule has 1 amide bonds. The van der Waals surface area contributed by atoms with E-state index in [4.69, 9.17) is 10.00 Å². The molecule has 23 heavy (non-hydrogen) atoms. The molecule has 1 atom stereocenters. The zero-order valence-corrected chi connectivity index (χ0v) is 13.6. The molecule has 4 heteroatoms. The summed E-state index contributed by atoms with van der Waals surface area (Å²) in [5.74, 6) is 0.509. The summed E-state index contributed by atoms with van der Waals surface area (Å²) in [4.78, 5) is 12.0. The second kappa shape index (κ2) is 7.46. The third kappa shape index (κ3) is 4.58. The minimum atomic E-state index is -0.180. The summed E-state index contributed by atoms with van der Waals surface area (Å²) in [6.07, 6.45) is 0. The van der Waals surface area contributed by atoms with Gasteiger partial charge in [-0.25, -0.2) is 0 Å².